The van der Waals surface area contributed by atoms with Gasteiger partial charge in [-0.3, -0.25) is 0 Å². The molecule has 0 aliphatic rings. The Morgan fingerprint density at radius 2 is 1.02 bits per heavy atom. The van der Waals surface area contributed by atoms with Gasteiger partial charge < -0.3 is 0 Å². The van der Waals surface area contributed by atoms with Gasteiger partial charge >= 0.3 is 0 Å². The van der Waals surface area contributed by atoms with Crippen LogP contribution in [0.1, 0.15) is 16.7 Å². The fraction of sp³-hybridized carbons (Fsp3) is 0. The quantitative estimate of drug-likeness (QED) is 0.137. The molecular formula is C42H19F3N6. The molecule has 0 saturated carbocycles. The molecule has 2 heterocycles. The second-order valence-corrected chi connectivity index (χ2v) is 11.7. The average Bonchev–Trinajstić information content (AvgIpc) is 3.18. The fourth-order valence-corrected chi connectivity index (χ4v) is 6.38. The molecule has 0 spiro atoms. The molecule has 0 N–H and O–H groups in total. The van der Waals surface area contributed by atoms with E-state index in [-0.39, 0.29) is 11.1 Å². The Kier molecular flexibility index (Phi) is 7.41. The molecule has 0 unspecified atom stereocenters. The van der Waals surface area contributed by atoms with E-state index in [1.165, 1.54) is 0 Å². The number of fused-ring (bicyclic) bond motifs is 5. The molecule has 0 aliphatic heterocycles. The van der Waals surface area contributed by atoms with Crippen LogP contribution < -0.4 is 0 Å². The Balaban J connectivity index is 1.51. The van der Waals surface area contributed by atoms with Gasteiger partial charge in [0.15, 0.2) is 17.5 Å². The van der Waals surface area contributed by atoms with Crippen LogP contribution in [0.5, 0.6) is 0 Å². The van der Waals surface area contributed by atoms with Crippen LogP contribution in [-0.4, -0.2) is 15.0 Å². The average molecular weight is 665 g/mol. The third-order valence-corrected chi connectivity index (χ3v) is 8.78. The van der Waals surface area contributed by atoms with Gasteiger partial charge in [-0.25, -0.2) is 28.1 Å². The number of nitriles is 3. The van der Waals surface area contributed by atoms with Crippen molar-refractivity contribution in [3.05, 3.63) is 149 Å². The molecule has 0 amide bonds. The van der Waals surface area contributed by atoms with Gasteiger partial charge in [0.1, 0.15) is 11.6 Å². The third kappa shape index (κ3) is 5.16. The second kappa shape index (κ2) is 12.2. The number of halogens is 3. The molecule has 6 aromatic carbocycles. The topological polar surface area (TPSA) is 110 Å². The molecule has 238 valence electrons. The summed E-state index contributed by atoms with van der Waals surface area (Å²) in [5.74, 6) is -4.21. The van der Waals surface area contributed by atoms with Gasteiger partial charge in [-0.05, 0) is 59.7 Å². The minimum atomic E-state index is -1.56. The third-order valence-electron chi connectivity index (χ3n) is 8.78. The predicted molar refractivity (Wildman–Crippen MR) is 188 cm³/mol. The lowest BCUT2D eigenvalue weighted by Gasteiger charge is -2.17. The Morgan fingerprint density at radius 1 is 0.471 bits per heavy atom. The SMILES string of the molecule is N#Cc1ccc(-c2nc3c(C#N)cc4c(-c5ccccc5-c5cc(F)c(F)c(F)c5)nc5ccccc5c4c3nc2-c2ccc(C#N)cc2)cc1. The van der Waals surface area contributed by atoms with Gasteiger partial charge in [-0.1, -0.05) is 66.7 Å². The number of hydrogen-bond donors (Lipinski definition) is 0. The summed E-state index contributed by atoms with van der Waals surface area (Å²) >= 11 is 0. The number of aromatic nitrogens is 3. The van der Waals surface area contributed by atoms with Crippen molar-refractivity contribution in [1.82, 2.24) is 15.0 Å². The van der Waals surface area contributed by atoms with E-state index in [1.807, 2.05) is 24.3 Å². The summed E-state index contributed by atoms with van der Waals surface area (Å²) in [6, 6.07) is 38.2. The highest BCUT2D eigenvalue weighted by atomic mass is 19.2. The van der Waals surface area contributed by atoms with Gasteiger partial charge in [0.2, 0.25) is 0 Å². The number of nitrogens with zero attached hydrogens (tertiary/aromatic N) is 6. The molecule has 0 radical (unpaired) electrons. The van der Waals surface area contributed by atoms with Gasteiger partial charge in [-0.15, -0.1) is 0 Å². The van der Waals surface area contributed by atoms with E-state index in [2.05, 4.69) is 18.2 Å². The standard InChI is InChI=1S/C42H19F3N6/c43-33-18-27(19-34(44)37(33)45)29-5-1-2-6-30(29)41-32-17-28(22-48)40-42(36(32)31-7-3-4-8-35(31)49-41)51-39(26-15-11-24(21-47)12-16-26)38(50-40)25-13-9-23(20-46)10-14-25/h1-19H. The largest absolute Gasteiger partial charge is 0.247 e. The summed E-state index contributed by atoms with van der Waals surface area (Å²) in [6.07, 6.45) is 0. The summed E-state index contributed by atoms with van der Waals surface area (Å²) in [5.41, 5.74) is 6.19. The minimum absolute atomic E-state index is 0.112. The lowest BCUT2D eigenvalue weighted by Crippen LogP contribution is -2.00. The van der Waals surface area contributed by atoms with Crippen LogP contribution in [0.2, 0.25) is 0 Å². The van der Waals surface area contributed by atoms with Crippen molar-refractivity contribution in [1.29, 1.82) is 15.8 Å². The van der Waals surface area contributed by atoms with E-state index in [9.17, 15) is 29.0 Å². The monoisotopic (exact) mass is 664 g/mol. The molecule has 6 nitrogen and oxygen atoms in total. The van der Waals surface area contributed by atoms with Gasteiger partial charge in [0, 0.05) is 32.8 Å². The summed E-state index contributed by atoms with van der Waals surface area (Å²) in [4.78, 5) is 15.3. The highest BCUT2D eigenvalue weighted by molar-refractivity contribution is 6.22. The highest BCUT2D eigenvalue weighted by Crippen LogP contribution is 2.42. The minimum Gasteiger partial charge on any atom is -0.247 e. The molecule has 8 aromatic rings. The Labute approximate surface area is 288 Å². The summed E-state index contributed by atoms with van der Waals surface area (Å²) < 4.78 is 43.0. The number of para-hydroxylation sites is 1. The lowest BCUT2D eigenvalue weighted by molar-refractivity contribution is 0.448. The summed E-state index contributed by atoms with van der Waals surface area (Å²) in [6.45, 7) is 0. The van der Waals surface area contributed by atoms with Gasteiger partial charge in [0.25, 0.3) is 0 Å². The van der Waals surface area contributed by atoms with Crippen molar-refractivity contribution in [3.63, 3.8) is 0 Å². The first-order valence-corrected chi connectivity index (χ1v) is 15.6. The van der Waals surface area contributed by atoms with E-state index in [0.29, 0.717) is 77.8 Å². The van der Waals surface area contributed by atoms with Crippen molar-refractivity contribution in [2.24, 2.45) is 0 Å². The van der Waals surface area contributed by atoms with E-state index in [0.717, 1.165) is 17.5 Å². The van der Waals surface area contributed by atoms with Crippen molar-refractivity contribution in [2.75, 3.05) is 0 Å². The number of rotatable bonds is 4. The van der Waals surface area contributed by atoms with Crippen molar-refractivity contribution >= 4 is 32.7 Å². The first-order chi connectivity index (χ1) is 24.9. The second-order valence-electron chi connectivity index (χ2n) is 11.7. The summed E-state index contributed by atoms with van der Waals surface area (Å²) in [7, 11) is 0. The number of pyridine rings is 1. The van der Waals surface area contributed by atoms with Crippen LogP contribution in [0.4, 0.5) is 13.2 Å². The van der Waals surface area contributed by atoms with Gasteiger partial charge in [0.05, 0.1) is 56.9 Å². The number of hydrogen-bond acceptors (Lipinski definition) is 6. The van der Waals surface area contributed by atoms with Crippen LogP contribution in [0.25, 0.3) is 77.6 Å². The fourth-order valence-electron chi connectivity index (χ4n) is 6.38. The van der Waals surface area contributed by atoms with Gasteiger partial charge in [-0.2, -0.15) is 15.8 Å². The maximum absolute atomic E-state index is 14.5. The van der Waals surface area contributed by atoms with E-state index >= 15 is 0 Å². The zero-order valence-corrected chi connectivity index (χ0v) is 26.3. The van der Waals surface area contributed by atoms with Crippen molar-refractivity contribution in [2.45, 2.75) is 0 Å². The molecule has 9 heteroatoms. The molecule has 8 rings (SSSR count). The molecule has 0 aliphatic carbocycles. The van der Waals surface area contributed by atoms with Crippen LogP contribution in [0.3, 0.4) is 0 Å². The predicted octanol–water partition coefficient (Wildman–Crippen LogP) is 10.0. The molecule has 0 atom stereocenters. The van der Waals surface area contributed by atoms with E-state index < -0.39 is 17.5 Å². The zero-order valence-electron chi connectivity index (χ0n) is 26.3. The first-order valence-electron chi connectivity index (χ1n) is 15.6. The molecular weight excluding hydrogens is 645 g/mol. The smallest absolute Gasteiger partial charge is 0.194 e. The van der Waals surface area contributed by atoms with E-state index in [1.54, 1.807) is 78.9 Å². The van der Waals surface area contributed by atoms with Crippen LogP contribution >= 0.6 is 0 Å². The molecule has 51 heavy (non-hydrogen) atoms. The molecule has 0 saturated heterocycles. The molecule has 2 aromatic heterocycles. The Bertz CT molecular complexity index is 2840. The summed E-state index contributed by atoms with van der Waals surface area (Å²) in [5, 5.41) is 31.3. The number of benzene rings is 6. The first kappa shape index (κ1) is 30.9. The van der Waals surface area contributed by atoms with Crippen LogP contribution in [0, 0.1) is 51.4 Å². The highest BCUT2D eigenvalue weighted by Gasteiger charge is 2.23. The maximum Gasteiger partial charge on any atom is 0.194 e. The zero-order chi connectivity index (χ0) is 35.2. The Hall–Kier alpha value is -7.41. The maximum atomic E-state index is 14.5. The van der Waals surface area contributed by atoms with Crippen molar-refractivity contribution in [3.8, 4) is 63.1 Å². The Morgan fingerprint density at radius 3 is 1.61 bits per heavy atom. The molecule has 0 bridgehead atoms. The lowest BCUT2D eigenvalue weighted by atomic mass is 9.91. The van der Waals surface area contributed by atoms with Crippen LogP contribution in [0.15, 0.2) is 115 Å². The molecule has 0 fully saturated rings. The van der Waals surface area contributed by atoms with E-state index in [4.69, 9.17) is 15.0 Å². The van der Waals surface area contributed by atoms with Crippen LogP contribution in [-0.2, 0) is 0 Å². The van der Waals surface area contributed by atoms with Crippen molar-refractivity contribution < 1.29 is 13.2 Å². The normalized spacial score (nSPS) is 11.0.